The summed E-state index contributed by atoms with van der Waals surface area (Å²) in [5.41, 5.74) is 4.98. The molecule has 4 nitrogen and oxygen atoms in total. The first kappa shape index (κ1) is 10.5. The SMILES string of the molecule is CC(C)N1CC(OCCC(N)=O)C1. The summed E-state index contributed by atoms with van der Waals surface area (Å²) < 4.78 is 5.43. The lowest BCUT2D eigenvalue weighted by Gasteiger charge is -2.41. The molecule has 1 amide bonds. The highest BCUT2D eigenvalue weighted by Gasteiger charge is 2.28. The number of nitrogens with two attached hydrogens (primary N) is 1. The lowest BCUT2D eigenvalue weighted by molar-refractivity contribution is -0.121. The maximum atomic E-state index is 10.4. The van der Waals surface area contributed by atoms with Gasteiger partial charge < -0.3 is 10.5 Å². The fourth-order valence-electron chi connectivity index (χ4n) is 1.32. The van der Waals surface area contributed by atoms with Crippen molar-refractivity contribution in [3.05, 3.63) is 0 Å². The van der Waals surface area contributed by atoms with Crippen molar-refractivity contribution in [3.8, 4) is 0 Å². The Morgan fingerprint density at radius 3 is 2.69 bits per heavy atom. The Labute approximate surface area is 79.0 Å². The summed E-state index contributed by atoms with van der Waals surface area (Å²) in [5, 5.41) is 0. The number of likely N-dealkylation sites (tertiary alicyclic amines) is 1. The molecule has 1 aliphatic rings. The minimum Gasteiger partial charge on any atom is -0.375 e. The maximum Gasteiger partial charge on any atom is 0.219 e. The standard InChI is InChI=1S/C9H18N2O2/c1-7(2)11-5-8(6-11)13-4-3-9(10)12/h7-8H,3-6H2,1-2H3,(H2,10,12). The van der Waals surface area contributed by atoms with E-state index in [0.29, 0.717) is 25.2 Å². The van der Waals surface area contributed by atoms with Crippen LogP contribution < -0.4 is 5.73 Å². The average molecular weight is 186 g/mol. The molecule has 1 heterocycles. The van der Waals surface area contributed by atoms with E-state index in [0.717, 1.165) is 13.1 Å². The van der Waals surface area contributed by atoms with Crippen LogP contribution in [0.25, 0.3) is 0 Å². The third kappa shape index (κ3) is 3.32. The van der Waals surface area contributed by atoms with Crippen LogP contribution in [-0.4, -0.2) is 42.6 Å². The van der Waals surface area contributed by atoms with Crippen LogP contribution in [0.5, 0.6) is 0 Å². The lowest BCUT2D eigenvalue weighted by Crippen LogP contribution is -2.55. The largest absolute Gasteiger partial charge is 0.375 e. The van der Waals surface area contributed by atoms with E-state index in [1.807, 2.05) is 0 Å². The van der Waals surface area contributed by atoms with Gasteiger partial charge in [-0.05, 0) is 13.8 Å². The van der Waals surface area contributed by atoms with E-state index in [-0.39, 0.29) is 5.91 Å². The molecule has 1 fully saturated rings. The second kappa shape index (κ2) is 4.58. The molecule has 2 N–H and O–H groups in total. The fourth-order valence-corrected chi connectivity index (χ4v) is 1.32. The van der Waals surface area contributed by atoms with Gasteiger partial charge in [0, 0.05) is 25.6 Å². The molecule has 1 aliphatic heterocycles. The molecule has 0 saturated carbocycles. The monoisotopic (exact) mass is 186 g/mol. The first-order valence-corrected chi connectivity index (χ1v) is 4.73. The molecule has 1 saturated heterocycles. The quantitative estimate of drug-likeness (QED) is 0.656. The molecule has 0 unspecified atom stereocenters. The zero-order valence-corrected chi connectivity index (χ0v) is 8.32. The number of carbonyl (C=O) groups excluding carboxylic acids is 1. The van der Waals surface area contributed by atoms with E-state index in [2.05, 4.69) is 18.7 Å². The van der Waals surface area contributed by atoms with Gasteiger partial charge in [0.25, 0.3) is 0 Å². The molecule has 76 valence electrons. The van der Waals surface area contributed by atoms with Crippen LogP contribution in [0.15, 0.2) is 0 Å². The Balaban J connectivity index is 1.99. The highest BCUT2D eigenvalue weighted by atomic mass is 16.5. The van der Waals surface area contributed by atoms with Crippen molar-refractivity contribution < 1.29 is 9.53 Å². The number of hydrogen-bond donors (Lipinski definition) is 1. The van der Waals surface area contributed by atoms with Gasteiger partial charge >= 0.3 is 0 Å². The summed E-state index contributed by atoms with van der Waals surface area (Å²) in [6.07, 6.45) is 0.639. The summed E-state index contributed by atoms with van der Waals surface area (Å²) in [6.45, 7) is 6.76. The number of amides is 1. The van der Waals surface area contributed by atoms with E-state index in [1.165, 1.54) is 0 Å². The molecule has 0 radical (unpaired) electrons. The first-order valence-electron chi connectivity index (χ1n) is 4.73. The highest BCUT2D eigenvalue weighted by Crippen LogP contribution is 2.14. The zero-order chi connectivity index (χ0) is 9.84. The van der Waals surface area contributed by atoms with E-state index in [4.69, 9.17) is 10.5 Å². The predicted molar refractivity (Wildman–Crippen MR) is 50.3 cm³/mol. The Hall–Kier alpha value is -0.610. The summed E-state index contributed by atoms with van der Waals surface area (Å²) >= 11 is 0. The second-order valence-electron chi connectivity index (χ2n) is 3.76. The van der Waals surface area contributed by atoms with Crippen molar-refractivity contribution in [2.75, 3.05) is 19.7 Å². The zero-order valence-electron chi connectivity index (χ0n) is 8.32. The smallest absolute Gasteiger partial charge is 0.219 e. The highest BCUT2D eigenvalue weighted by molar-refractivity contribution is 5.73. The fraction of sp³-hybridized carbons (Fsp3) is 0.889. The molecule has 0 aromatic heterocycles. The van der Waals surface area contributed by atoms with Gasteiger partial charge in [-0.25, -0.2) is 0 Å². The van der Waals surface area contributed by atoms with Crippen LogP contribution in [0.1, 0.15) is 20.3 Å². The average Bonchev–Trinajstić information content (AvgIpc) is 1.92. The number of hydrogen-bond acceptors (Lipinski definition) is 3. The van der Waals surface area contributed by atoms with Crippen molar-refractivity contribution in [1.82, 2.24) is 4.90 Å². The van der Waals surface area contributed by atoms with Crippen molar-refractivity contribution in [1.29, 1.82) is 0 Å². The van der Waals surface area contributed by atoms with E-state index >= 15 is 0 Å². The van der Waals surface area contributed by atoms with Crippen molar-refractivity contribution in [2.24, 2.45) is 5.73 Å². The number of ether oxygens (including phenoxy) is 1. The minimum absolute atomic E-state index is 0.292. The van der Waals surface area contributed by atoms with Gasteiger partial charge in [0.2, 0.25) is 5.91 Å². The summed E-state index contributed by atoms with van der Waals surface area (Å²) in [6, 6.07) is 0.594. The Kier molecular flexibility index (Phi) is 3.69. The Morgan fingerprint density at radius 2 is 2.23 bits per heavy atom. The Bertz CT molecular complexity index is 176. The van der Waals surface area contributed by atoms with Crippen LogP contribution in [0.3, 0.4) is 0 Å². The molecule has 0 atom stereocenters. The molecule has 0 spiro atoms. The van der Waals surface area contributed by atoms with E-state index in [1.54, 1.807) is 0 Å². The van der Waals surface area contributed by atoms with E-state index in [9.17, 15) is 4.79 Å². The number of primary amides is 1. The van der Waals surface area contributed by atoms with Crippen LogP contribution in [0.4, 0.5) is 0 Å². The molecule has 13 heavy (non-hydrogen) atoms. The van der Waals surface area contributed by atoms with Crippen molar-refractivity contribution >= 4 is 5.91 Å². The third-order valence-electron chi connectivity index (χ3n) is 2.31. The van der Waals surface area contributed by atoms with Gasteiger partial charge in [-0.15, -0.1) is 0 Å². The molecular weight excluding hydrogens is 168 g/mol. The van der Waals surface area contributed by atoms with Crippen LogP contribution in [0.2, 0.25) is 0 Å². The number of rotatable bonds is 5. The van der Waals surface area contributed by atoms with Crippen LogP contribution in [-0.2, 0) is 9.53 Å². The minimum atomic E-state index is -0.292. The number of nitrogens with zero attached hydrogens (tertiary/aromatic N) is 1. The van der Waals surface area contributed by atoms with E-state index < -0.39 is 0 Å². The second-order valence-corrected chi connectivity index (χ2v) is 3.76. The van der Waals surface area contributed by atoms with Gasteiger partial charge in [-0.2, -0.15) is 0 Å². The van der Waals surface area contributed by atoms with Crippen molar-refractivity contribution in [3.63, 3.8) is 0 Å². The molecular formula is C9H18N2O2. The normalized spacial score (nSPS) is 19.0. The van der Waals surface area contributed by atoms with Crippen LogP contribution >= 0.6 is 0 Å². The summed E-state index contributed by atoms with van der Waals surface area (Å²) in [4.78, 5) is 12.7. The van der Waals surface area contributed by atoms with Gasteiger partial charge in [0.05, 0.1) is 12.7 Å². The Morgan fingerprint density at radius 1 is 1.62 bits per heavy atom. The van der Waals surface area contributed by atoms with Crippen LogP contribution in [0, 0.1) is 0 Å². The van der Waals surface area contributed by atoms with Gasteiger partial charge in [-0.3, -0.25) is 9.69 Å². The molecule has 4 heteroatoms. The number of carbonyl (C=O) groups is 1. The topological polar surface area (TPSA) is 55.6 Å². The molecule has 0 aliphatic carbocycles. The molecule has 1 rings (SSSR count). The van der Waals surface area contributed by atoms with Gasteiger partial charge in [0.15, 0.2) is 0 Å². The first-order chi connectivity index (χ1) is 6.09. The molecule has 0 aromatic rings. The third-order valence-corrected chi connectivity index (χ3v) is 2.31. The maximum absolute atomic E-state index is 10.4. The summed E-state index contributed by atoms with van der Waals surface area (Å²) in [5.74, 6) is -0.292. The lowest BCUT2D eigenvalue weighted by atomic mass is 10.1. The molecule has 0 aromatic carbocycles. The summed E-state index contributed by atoms with van der Waals surface area (Å²) in [7, 11) is 0. The molecule has 0 bridgehead atoms. The van der Waals surface area contributed by atoms with Gasteiger partial charge in [0.1, 0.15) is 0 Å². The van der Waals surface area contributed by atoms with Gasteiger partial charge in [-0.1, -0.05) is 0 Å². The van der Waals surface area contributed by atoms with Crippen molar-refractivity contribution in [2.45, 2.75) is 32.4 Å². The predicted octanol–water partition coefficient (Wildman–Crippen LogP) is -0.0290.